The van der Waals surface area contributed by atoms with Gasteiger partial charge in [0.2, 0.25) is 0 Å². The molecule has 7 nitrogen and oxygen atoms in total. The SMILES string of the molecule is Cc1ccc(-c2cn[nH]c2C2CCCN(C(=O)c3cc4ncccn4n3)C2)cc1. The Hall–Kier alpha value is -3.48. The molecule has 146 valence electrons. The Bertz CT molecular complexity index is 1130. The highest BCUT2D eigenvalue weighted by Crippen LogP contribution is 2.33. The van der Waals surface area contributed by atoms with Crippen LogP contribution in [0.15, 0.2) is 55.0 Å². The zero-order valence-corrected chi connectivity index (χ0v) is 16.2. The van der Waals surface area contributed by atoms with Gasteiger partial charge in [0.25, 0.3) is 5.91 Å². The van der Waals surface area contributed by atoms with Gasteiger partial charge in [-0.3, -0.25) is 9.89 Å². The van der Waals surface area contributed by atoms with Crippen LogP contribution < -0.4 is 0 Å². The molecule has 0 bridgehead atoms. The van der Waals surface area contributed by atoms with E-state index in [1.54, 1.807) is 29.0 Å². The van der Waals surface area contributed by atoms with Crippen LogP contribution in [0.4, 0.5) is 0 Å². The number of rotatable bonds is 3. The van der Waals surface area contributed by atoms with Crippen molar-refractivity contribution in [1.29, 1.82) is 0 Å². The maximum Gasteiger partial charge on any atom is 0.274 e. The lowest BCUT2D eigenvalue weighted by Crippen LogP contribution is -2.39. The third-order valence-electron chi connectivity index (χ3n) is 5.60. The van der Waals surface area contributed by atoms with Crippen LogP contribution in [0.25, 0.3) is 16.8 Å². The summed E-state index contributed by atoms with van der Waals surface area (Å²) in [5, 5.41) is 11.9. The number of hydrogen-bond donors (Lipinski definition) is 1. The fourth-order valence-electron chi connectivity index (χ4n) is 4.06. The Labute approximate surface area is 168 Å². The summed E-state index contributed by atoms with van der Waals surface area (Å²) in [5.41, 5.74) is 5.71. The lowest BCUT2D eigenvalue weighted by atomic mass is 9.90. The predicted molar refractivity (Wildman–Crippen MR) is 110 cm³/mol. The van der Waals surface area contributed by atoms with Crippen LogP contribution in [0, 0.1) is 6.92 Å². The molecule has 1 amide bonds. The second kappa shape index (κ2) is 7.16. The maximum absolute atomic E-state index is 13.1. The van der Waals surface area contributed by atoms with Crippen molar-refractivity contribution in [3.05, 3.63) is 71.9 Å². The van der Waals surface area contributed by atoms with Crippen molar-refractivity contribution in [2.75, 3.05) is 13.1 Å². The summed E-state index contributed by atoms with van der Waals surface area (Å²) in [4.78, 5) is 19.2. The number of aromatic amines is 1. The summed E-state index contributed by atoms with van der Waals surface area (Å²) in [7, 11) is 0. The molecule has 1 saturated heterocycles. The van der Waals surface area contributed by atoms with Crippen LogP contribution in [-0.4, -0.2) is 48.7 Å². The monoisotopic (exact) mass is 386 g/mol. The number of aromatic nitrogens is 5. The van der Waals surface area contributed by atoms with Gasteiger partial charge in [0.05, 0.1) is 6.20 Å². The van der Waals surface area contributed by atoms with Crippen molar-refractivity contribution in [2.45, 2.75) is 25.7 Å². The molecule has 1 aromatic carbocycles. The van der Waals surface area contributed by atoms with E-state index in [0.29, 0.717) is 17.9 Å². The fraction of sp³-hybridized carbons (Fsp3) is 0.273. The summed E-state index contributed by atoms with van der Waals surface area (Å²) in [5.74, 6) is 0.179. The van der Waals surface area contributed by atoms with Crippen LogP contribution in [0.5, 0.6) is 0 Å². The van der Waals surface area contributed by atoms with Crippen molar-refractivity contribution in [2.24, 2.45) is 0 Å². The van der Waals surface area contributed by atoms with Crippen molar-refractivity contribution < 1.29 is 4.79 Å². The number of H-pyrrole nitrogens is 1. The molecular weight excluding hydrogens is 364 g/mol. The minimum Gasteiger partial charge on any atom is -0.337 e. The predicted octanol–water partition coefficient (Wildman–Crippen LogP) is 3.45. The minimum absolute atomic E-state index is 0.0448. The highest BCUT2D eigenvalue weighted by Gasteiger charge is 2.29. The molecular formula is C22H22N6O. The van der Waals surface area contributed by atoms with Crippen molar-refractivity contribution in [1.82, 2.24) is 29.7 Å². The van der Waals surface area contributed by atoms with E-state index in [4.69, 9.17) is 0 Å². The minimum atomic E-state index is -0.0448. The van der Waals surface area contributed by atoms with Crippen molar-refractivity contribution >= 4 is 11.6 Å². The van der Waals surface area contributed by atoms with E-state index >= 15 is 0 Å². The van der Waals surface area contributed by atoms with Gasteiger partial charge in [0.1, 0.15) is 0 Å². The zero-order valence-electron chi connectivity index (χ0n) is 16.2. The van der Waals surface area contributed by atoms with Gasteiger partial charge in [-0.25, -0.2) is 9.50 Å². The van der Waals surface area contributed by atoms with Crippen molar-refractivity contribution in [3.8, 4) is 11.1 Å². The van der Waals surface area contributed by atoms with E-state index in [1.807, 2.05) is 11.1 Å². The molecule has 1 fully saturated rings. The Kier molecular flexibility index (Phi) is 4.35. The molecule has 1 atom stereocenters. The molecule has 3 aromatic heterocycles. The number of amides is 1. The smallest absolute Gasteiger partial charge is 0.274 e. The first-order chi connectivity index (χ1) is 14.2. The van der Waals surface area contributed by atoms with E-state index in [-0.39, 0.29) is 11.8 Å². The van der Waals surface area contributed by atoms with Crippen LogP contribution in [-0.2, 0) is 0 Å². The number of carbonyl (C=O) groups is 1. The first kappa shape index (κ1) is 17.6. The van der Waals surface area contributed by atoms with Crippen LogP contribution >= 0.6 is 0 Å². The van der Waals surface area contributed by atoms with Gasteiger partial charge >= 0.3 is 0 Å². The quantitative estimate of drug-likeness (QED) is 0.585. The van der Waals surface area contributed by atoms with Crippen LogP contribution in [0.2, 0.25) is 0 Å². The van der Waals surface area contributed by atoms with E-state index in [9.17, 15) is 4.79 Å². The molecule has 1 unspecified atom stereocenters. The molecule has 1 N–H and O–H groups in total. The summed E-state index contributed by atoms with van der Waals surface area (Å²) in [6.07, 6.45) is 7.37. The summed E-state index contributed by atoms with van der Waals surface area (Å²) >= 11 is 0. The van der Waals surface area contributed by atoms with Gasteiger partial charge in [-0.1, -0.05) is 29.8 Å². The summed E-state index contributed by atoms with van der Waals surface area (Å²) < 4.78 is 1.64. The van der Waals surface area contributed by atoms with Gasteiger partial charge in [-0.05, 0) is 31.4 Å². The van der Waals surface area contributed by atoms with E-state index in [1.165, 1.54) is 5.56 Å². The maximum atomic E-state index is 13.1. The Balaban J connectivity index is 1.39. The molecule has 5 rings (SSSR count). The Morgan fingerprint density at radius 3 is 2.93 bits per heavy atom. The molecule has 29 heavy (non-hydrogen) atoms. The van der Waals surface area contributed by atoms with Gasteiger partial charge in [0.15, 0.2) is 11.3 Å². The molecule has 0 radical (unpaired) electrons. The number of nitrogens with one attached hydrogen (secondary N) is 1. The molecule has 0 aliphatic carbocycles. The van der Waals surface area contributed by atoms with E-state index < -0.39 is 0 Å². The van der Waals surface area contributed by atoms with Crippen molar-refractivity contribution in [3.63, 3.8) is 0 Å². The first-order valence-electron chi connectivity index (χ1n) is 9.89. The molecule has 7 heteroatoms. The molecule has 1 aliphatic heterocycles. The van der Waals surface area contributed by atoms with Gasteiger partial charge in [0, 0.05) is 48.7 Å². The number of hydrogen-bond acceptors (Lipinski definition) is 4. The number of benzene rings is 1. The van der Waals surface area contributed by atoms with Gasteiger partial charge in [-0.15, -0.1) is 0 Å². The molecule has 0 spiro atoms. The number of carbonyl (C=O) groups excluding carboxylic acids is 1. The van der Waals surface area contributed by atoms with E-state index in [0.717, 1.165) is 36.2 Å². The van der Waals surface area contributed by atoms with Gasteiger partial charge in [-0.2, -0.15) is 10.2 Å². The summed E-state index contributed by atoms with van der Waals surface area (Å²) in [6, 6.07) is 12.0. The van der Waals surface area contributed by atoms with Crippen LogP contribution in [0.1, 0.15) is 40.5 Å². The standard InChI is InChI=1S/C22H22N6O/c1-15-5-7-16(8-6-15)18-13-24-25-21(18)17-4-2-10-27(14-17)22(29)19-12-20-23-9-3-11-28(20)26-19/h3,5-9,11-13,17H,2,4,10,14H2,1H3,(H,24,25). The van der Waals surface area contributed by atoms with E-state index in [2.05, 4.69) is 51.5 Å². The number of fused-ring (bicyclic) bond motifs is 1. The first-order valence-corrected chi connectivity index (χ1v) is 9.89. The fourth-order valence-corrected chi connectivity index (χ4v) is 4.06. The number of likely N-dealkylation sites (tertiary alicyclic amines) is 1. The topological polar surface area (TPSA) is 79.2 Å². The Morgan fingerprint density at radius 2 is 2.10 bits per heavy atom. The number of piperidine rings is 1. The van der Waals surface area contributed by atoms with Crippen LogP contribution in [0.3, 0.4) is 0 Å². The molecule has 4 aromatic rings. The lowest BCUT2D eigenvalue weighted by molar-refractivity contribution is 0.0699. The second-order valence-electron chi connectivity index (χ2n) is 7.61. The number of aryl methyl sites for hydroxylation is 1. The third kappa shape index (κ3) is 3.29. The molecule has 0 saturated carbocycles. The summed E-state index contributed by atoms with van der Waals surface area (Å²) in [6.45, 7) is 3.48. The Morgan fingerprint density at radius 1 is 1.24 bits per heavy atom. The normalized spacial score (nSPS) is 17.0. The second-order valence-corrected chi connectivity index (χ2v) is 7.61. The largest absolute Gasteiger partial charge is 0.337 e. The molecule has 4 heterocycles. The number of nitrogens with zero attached hydrogens (tertiary/aromatic N) is 5. The zero-order chi connectivity index (χ0) is 19.8. The average Bonchev–Trinajstić information content (AvgIpc) is 3.41. The molecule has 1 aliphatic rings. The lowest BCUT2D eigenvalue weighted by Gasteiger charge is -2.32. The van der Waals surface area contributed by atoms with Gasteiger partial charge < -0.3 is 4.90 Å². The highest BCUT2D eigenvalue weighted by atomic mass is 16.2. The highest BCUT2D eigenvalue weighted by molar-refractivity contribution is 5.93. The average molecular weight is 386 g/mol. The third-order valence-corrected chi connectivity index (χ3v) is 5.60.